The first kappa shape index (κ1) is 14.1. The van der Waals surface area contributed by atoms with E-state index in [9.17, 15) is 0 Å². The smallest absolute Gasteiger partial charge is 0.0349 e. The minimum atomic E-state index is 0.601. The van der Waals surface area contributed by atoms with Crippen LogP contribution in [0.5, 0.6) is 0 Å². The second-order valence-electron chi connectivity index (χ2n) is 5.81. The van der Waals surface area contributed by atoms with Crippen molar-refractivity contribution in [1.29, 1.82) is 0 Å². The normalized spacial score (nSPS) is 17.7. The first-order valence-corrected chi connectivity index (χ1v) is 7.77. The molecule has 1 unspecified atom stereocenters. The number of likely N-dealkylation sites (N-methyl/N-ethyl adjacent to an activating group) is 1. The van der Waals surface area contributed by atoms with Crippen LogP contribution in [-0.4, -0.2) is 22.5 Å². The molecule has 3 nitrogen and oxygen atoms in total. The molecule has 0 bridgehead atoms. The molecule has 0 radical (unpaired) electrons. The lowest BCUT2D eigenvalue weighted by atomic mass is 9.86. The zero-order valence-corrected chi connectivity index (χ0v) is 12.6. The van der Waals surface area contributed by atoms with Crippen LogP contribution in [-0.2, 0) is 19.4 Å². The molecule has 0 amide bonds. The molecular formula is C18H23N3. The second-order valence-corrected chi connectivity index (χ2v) is 5.81. The maximum Gasteiger partial charge on any atom is 0.0349 e. The van der Waals surface area contributed by atoms with Crippen molar-refractivity contribution in [2.45, 2.75) is 38.8 Å². The fourth-order valence-electron chi connectivity index (χ4n) is 3.35. The molecule has 1 aliphatic carbocycles. The molecule has 110 valence electrons. The van der Waals surface area contributed by atoms with Crippen LogP contribution >= 0.6 is 0 Å². The number of hydrogen-bond donors (Lipinski definition) is 1. The van der Waals surface area contributed by atoms with E-state index in [1.54, 1.807) is 0 Å². The minimum absolute atomic E-state index is 0.601. The van der Waals surface area contributed by atoms with E-state index in [1.165, 1.54) is 23.1 Å². The van der Waals surface area contributed by atoms with E-state index in [1.807, 2.05) is 24.5 Å². The van der Waals surface area contributed by atoms with Gasteiger partial charge in [0.1, 0.15) is 0 Å². The number of rotatable bonds is 4. The highest BCUT2D eigenvalue weighted by atomic mass is 15.1. The van der Waals surface area contributed by atoms with Gasteiger partial charge in [-0.05, 0) is 54.6 Å². The number of nitrogens with two attached hydrogens (primary N) is 1. The maximum atomic E-state index is 6.10. The summed E-state index contributed by atoms with van der Waals surface area (Å²) in [4.78, 5) is 6.78. The van der Waals surface area contributed by atoms with Gasteiger partial charge in [0.15, 0.2) is 0 Å². The van der Waals surface area contributed by atoms with Crippen molar-refractivity contribution in [3.63, 3.8) is 0 Å². The van der Waals surface area contributed by atoms with Crippen LogP contribution < -0.4 is 5.73 Å². The third-order valence-electron chi connectivity index (χ3n) is 4.52. The van der Waals surface area contributed by atoms with Crippen molar-refractivity contribution in [2.75, 3.05) is 12.3 Å². The van der Waals surface area contributed by atoms with Crippen LogP contribution in [0.4, 0.5) is 5.69 Å². The van der Waals surface area contributed by atoms with Crippen LogP contribution in [0.1, 0.15) is 30.0 Å². The second kappa shape index (κ2) is 6.27. The Morgan fingerprint density at radius 3 is 2.95 bits per heavy atom. The molecule has 0 spiro atoms. The third kappa shape index (κ3) is 3.08. The zero-order valence-electron chi connectivity index (χ0n) is 12.6. The fourth-order valence-corrected chi connectivity index (χ4v) is 3.35. The Kier molecular flexibility index (Phi) is 4.20. The van der Waals surface area contributed by atoms with Crippen molar-refractivity contribution in [3.8, 4) is 0 Å². The van der Waals surface area contributed by atoms with E-state index in [0.717, 1.165) is 31.6 Å². The molecule has 1 aliphatic rings. The summed E-state index contributed by atoms with van der Waals surface area (Å²) in [5.74, 6) is 0. The van der Waals surface area contributed by atoms with E-state index in [4.69, 9.17) is 5.73 Å². The lowest BCUT2D eigenvalue weighted by Crippen LogP contribution is -2.39. The van der Waals surface area contributed by atoms with Crippen LogP contribution in [0.3, 0.4) is 0 Å². The number of nitrogen functional groups attached to an aromatic ring is 1. The molecule has 0 saturated carbocycles. The quantitative estimate of drug-likeness (QED) is 0.876. The standard InChI is InChI=1S/C18H23N3/c1-2-21(13-14-5-4-10-20-12-14)16-8-9-17-15(11-16)6-3-7-18(17)19/h3-7,10,12,16H,2,8-9,11,13,19H2,1H3. The van der Waals surface area contributed by atoms with E-state index >= 15 is 0 Å². The van der Waals surface area contributed by atoms with Gasteiger partial charge < -0.3 is 5.73 Å². The number of hydrogen-bond acceptors (Lipinski definition) is 3. The molecule has 0 fully saturated rings. The molecule has 1 heterocycles. The molecule has 0 aliphatic heterocycles. The summed E-state index contributed by atoms with van der Waals surface area (Å²) < 4.78 is 0. The molecule has 3 rings (SSSR count). The summed E-state index contributed by atoms with van der Waals surface area (Å²) in [7, 11) is 0. The Morgan fingerprint density at radius 2 is 2.19 bits per heavy atom. The van der Waals surface area contributed by atoms with E-state index in [2.05, 4.69) is 35.0 Å². The lowest BCUT2D eigenvalue weighted by Gasteiger charge is -2.35. The average molecular weight is 281 g/mol. The SMILES string of the molecule is CCN(Cc1cccnc1)C1CCc2c(N)cccc2C1. The number of pyridine rings is 1. The number of nitrogens with zero attached hydrogens (tertiary/aromatic N) is 2. The van der Waals surface area contributed by atoms with Crippen LogP contribution in [0.25, 0.3) is 0 Å². The third-order valence-corrected chi connectivity index (χ3v) is 4.52. The monoisotopic (exact) mass is 281 g/mol. The van der Waals surface area contributed by atoms with Gasteiger partial charge in [-0.25, -0.2) is 0 Å². The Morgan fingerprint density at radius 1 is 1.29 bits per heavy atom. The van der Waals surface area contributed by atoms with Gasteiger partial charge in [0.05, 0.1) is 0 Å². The van der Waals surface area contributed by atoms with Gasteiger partial charge in [0.25, 0.3) is 0 Å². The summed E-state index contributed by atoms with van der Waals surface area (Å²) in [5, 5.41) is 0. The molecule has 21 heavy (non-hydrogen) atoms. The van der Waals surface area contributed by atoms with Gasteiger partial charge in [-0.2, -0.15) is 0 Å². The zero-order chi connectivity index (χ0) is 14.7. The van der Waals surface area contributed by atoms with Gasteiger partial charge in [-0.15, -0.1) is 0 Å². The molecule has 1 atom stereocenters. The molecule has 3 heteroatoms. The topological polar surface area (TPSA) is 42.2 Å². The molecule has 1 aromatic heterocycles. The summed E-state index contributed by atoms with van der Waals surface area (Å²) in [5.41, 5.74) is 11.1. The van der Waals surface area contributed by atoms with Crippen molar-refractivity contribution >= 4 is 5.69 Å². The van der Waals surface area contributed by atoms with Gasteiger partial charge in [0.2, 0.25) is 0 Å². The number of aromatic nitrogens is 1. The van der Waals surface area contributed by atoms with Crippen molar-refractivity contribution < 1.29 is 0 Å². The van der Waals surface area contributed by atoms with E-state index in [-0.39, 0.29) is 0 Å². The average Bonchev–Trinajstić information content (AvgIpc) is 2.53. The highest BCUT2D eigenvalue weighted by molar-refractivity contribution is 5.52. The lowest BCUT2D eigenvalue weighted by molar-refractivity contribution is 0.180. The van der Waals surface area contributed by atoms with Gasteiger partial charge in [-0.3, -0.25) is 9.88 Å². The minimum Gasteiger partial charge on any atom is -0.398 e. The summed E-state index contributed by atoms with van der Waals surface area (Å²) >= 11 is 0. The van der Waals surface area contributed by atoms with Crippen molar-refractivity contribution in [3.05, 3.63) is 59.4 Å². The first-order valence-electron chi connectivity index (χ1n) is 7.77. The number of fused-ring (bicyclic) bond motifs is 1. The van der Waals surface area contributed by atoms with Gasteiger partial charge in [-0.1, -0.05) is 25.1 Å². The summed E-state index contributed by atoms with van der Waals surface area (Å²) in [6.07, 6.45) is 7.19. The largest absolute Gasteiger partial charge is 0.398 e. The van der Waals surface area contributed by atoms with Crippen molar-refractivity contribution in [1.82, 2.24) is 9.88 Å². The van der Waals surface area contributed by atoms with Crippen molar-refractivity contribution in [2.24, 2.45) is 0 Å². The molecule has 2 aromatic rings. The number of benzene rings is 1. The van der Waals surface area contributed by atoms with Gasteiger partial charge >= 0.3 is 0 Å². The summed E-state index contributed by atoms with van der Waals surface area (Å²) in [6.45, 7) is 4.29. The maximum absolute atomic E-state index is 6.10. The van der Waals surface area contributed by atoms with E-state index < -0.39 is 0 Å². The summed E-state index contributed by atoms with van der Waals surface area (Å²) in [6, 6.07) is 11.1. The highest BCUT2D eigenvalue weighted by Gasteiger charge is 2.24. The van der Waals surface area contributed by atoms with E-state index in [0.29, 0.717) is 6.04 Å². The Hall–Kier alpha value is -1.87. The Bertz CT molecular complexity index is 595. The first-order chi connectivity index (χ1) is 10.3. The highest BCUT2D eigenvalue weighted by Crippen LogP contribution is 2.29. The van der Waals surface area contributed by atoms with Crippen LogP contribution in [0.2, 0.25) is 0 Å². The predicted octanol–water partition coefficient (Wildman–Crippen LogP) is 3.04. The predicted molar refractivity (Wildman–Crippen MR) is 87.0 cm³/mol. The Balaban J connectivity index is 1.74. The van der Waals surface area contributed by atoms with Gasteiger partial charge in [0, 0.05) is 30.7 Å². The molecule has 0 saturated heterocycles. The fraction of sp³-hybridized carbons (Fsp3) is 0.389. The van der Waals surface area contributed by atoms with Crippen LogP contribution in [0, 0.1) is 0 Å². The molecule has 1 aromatic carbocycles. The number of anilines is 1. The molecular weight excluding hydrogens is 258 g/mol. The van der Waals surface area contributed by atoms with Crippen LogP contribution in [0.15, 0.2) is 42.7 Å². The Labute approximate surface area is 126 Å². The molecule has 2 N–H and O–H groups in total.